The molecular formula is C24H22BrN5O3. The number of pyridine rings is 1. The lowest BCUT2D eigenvalue weighted by Crippen LogP contribution is -2.20. The number of amides is 2. The average Bonchev–Trinajstić information content (AvgIpc) is 3.35. The van der Waals surface area contributed by atoms with Crippen molar-refractivity contribution in [3.63, 3.8) is 0 Å². The molecule has 0 aliphatic rings. The lowest BCUT2D eigenvalue weighted by atomic mass is 9.98. The monoisotopic (exact) mass is 507 g/mol. The number of hydrogen-bond acceptors (Lipinski definition) is 5. The Balaban J connectivity index is 1.65. The molecule has 0 saturated carbocycles. The number of methoxy groups -OCH3 is 2. The highest BCUT2D eigenvalue weighted by Gasteiger charge is 2.19. The summed E-state index contributed by atoms with van der Waals surface area (Å²) in [5, 5.41) is 5.72. The van der Waals surface area contributed by atoms with Crippen LogP contribution < -0.4 is 20.1 Å². The van der Waals surface area contributed by atoms with E-state index in [1.165, 1.54) is 0 Å². The number of imidazole rings is 1. The van der Waals surface area contributed by atoms with E-state index in [-0.39, 0.29) is 6.04 Å². The van der Waals surface area contributed by atoms with Crippen molar-refractivity contribution in [1.29, 1.82) is 0 Å². The van der Waals surface area contributed by atoms with E-state index in [1.807, 2.05) is 47.2 Å². The number of benzene rings is 2. The van der Waals surface area contributed by atoms with Crippen LogP contribution >= 0.6 is 15.9 Å². The molecule has 2 aromatic carbocycles. The third-order valence-corrected chi connectivity index (χ3v) is 5.54. The average molecular weight is 508 g/mol. The van der Waals surface area contributed by atoms with Crippen LogP contribution in [0.4, 0.5) is 16.2 Å². The number of anilines is 2. The van der Waals surface area contributed by atoms with Crippen LogP contribution in [0.25, 0.3) is 0 Å². The highest BCUT2D eigenvalue weighted by atomic mass is 79.9. The zero-order valence-electron chi connectivity index (χ0n) is 18.0. The van der Waals surface area contributed by atoms with E-state index in [0.29, 0.717) is 22.9 Å². The lowest BCUT2D eigenvalue weighted by Gasteiger charge is -2.21. The predicted molar refractivity (Wildman–Crippen MR) is 130 cm³/mol. The smallest absolute Gasteiger partial charge is 0.323 e. The summed E-state index contributed by atoms with van der Waals surface area (Å²) in [6.45, 7) is 0. The van der Waals surface area contributed by atoms with Crippen molar-refractivity contribution in [3.8, 4) is 11.5 Å². The maximum Gasteiger partial charge on any atom is 0.323 e. The first-order chi connectivity index (χ1) is 16.1. The molecule has 8 nitrogen and oxygen atoms in total. The molecule has 2 N–H and O–H groups in total. The molecule has 1 atom stereocenters. The molecule has 0 fully saturated rings. The molecular weight excluding hydrogens is 486 g/mol. The summed E-state index contributed by atoms with van der Waals surface area (Å²) in [4.78, 5) is 21.2. The predicted octanol–water partition coefficient (Wildman–Crippen LogP) is 5.34. The summed E-state index contributed by atoms with van der Waals surface area (Å²) in [7, 11) is 3.11. The summed E-state index contributed by atoms with van der Waals surface area (Å²) in [6, 6.07) is 14.4. The Hall–Kier alpha value is -3.85. The van der Waals surface area contributed by atoms with Gasteiger partial charge in [0.1, 0.15) is 11.5 Å². The molecule has 0 aliphatic carbocycles. The van der Waals surface area contributed by atoms with Gasteiger partial charge >= 0.3 is 6.03 Å². The van der Waals surface area contributed by atoms with Crippen LogP contribution in [0.1, 0.15) is 17.2 Å². The highest BCUT2D eigenvalue weighted by molar-refractivity contribution is 9.10. The molecule has 4 rings (SSSR count). The fraction of sp³-hybridized carbons (Fsp3) is 0.125. The second-order valence-electron chi connectivity index (χ2n) is 7.08. The fourth-order valence-corrected chi connectivity index (χ4v) is 3.91. The second kappa shape index (κ2) is 10.2. The van der Waals surface area contributed by atoms with Gasteiger partial charge in [-0.15, -0.1) is 0 Å². The van der Waals surface area contributed by atoms with Crippen molar-refractivity contribution >= 4 is 33.3 Å². The molecule has 0 aliphatic heterocycles. The summed E-state index contributed by atoms with van der Waals surface area (Å²) < 4.78 is 13.6. The summed E-state index contributed by atoms with van der Waals surface area (Å²) in [6.07, 6.45) is 8.89. The zero-order chi connectivity index (χ0) is 23.2. The van der Waals surface area contributed by atoms with Crippen molar-refractivity contribution in [1.82, 2.24) is 14.5 Å². The number of carbonyl (C=O) groups is 1. The van der Waals surface area contributed by atoms with Gasteiger partial charge in [-0.1, -0.05) is 22.0 Å². The first-order valence-electron chi connectivity index (χ1n) is 10.1. The van der Waals surface area contributed by atoms with Crippen LogP contribution in [0.2, 0.25) is 0 Å². The number of urea groups is 1. The molecule has 33 heavy (non-hydrogen) atoms. The number of nitrogens with one attached hydrogen (secondary N) is 2. The van der Waals surface area contributed by atoms with Gasteiger partial charge in [-0.3, -0.25) is 4.98 Å². The van der Waals surface area contributed by atoms with E-state index < -0.39 is 6.03 Å². The molecule has 168 valence electrons. The van der Waals surface area contributed by atoms with Crippen molar-refractivity contribution < 1.29 is 14.3 Å². The van der Waals surface area contributed by atoms with Gasteiger partial charge in [-0.05, 0) is 53.6 Å². The zero-order valence-corrected chi connectivity index (χ0v) is 19.6. The number of aromatic nitrogens is 3. The van der Waals surface area contributed by atoms with E-state index in [9.17, 15) is 4.79 Å². The van der Waals surface area contributed by atoms with Gasteiger partial charge in [-0.25, -0.2) is 9.78 Å². The van der Waals surface area contributed by atoms with Gasteiger partial charge in [0, 0.05) is 29.3 Å². The molecule has 2 heterocycles. The van der Waals surface area contributed by atoms with Crippen LogP contribution in [0.3, 0.4) is 0 Å². The number of halogens is 1. The van der Waals surface area contributed by atoms with E-state index in [0.717, 1.165) is 15.6 Å². The van der Waals surface area contributed by atoms with Gasteiger partial charge < -0.3 is 24.7 Å². The minimum Gasteiger partial charge on any atom is -0.495 e. The SMILES string of the molecule is COc1ccc(Br)cc1NC(=O)Nc1cc(C(c2ccncc2)n2ccnc2)ccc1OC. The Kier molecular flexibility index (Phi) is 6.89. The van der Waals surface area contributed by atoms with E-state index in [2.05, 4.69) is 36.5 Å². The first kappa shape index (κ1) is 22.3. The lowest BCUT2D eigenvalue weighted by molar-refractivity contribution is 0.262. The molecule has 0 radical (unpaired) electrons. The minimum absolute atomic E-state index is 0.157. The molecule has 9 heteroatoms. The topological polar surface area (TPSA) is 90.3 Å². The van der Waals surface area contributed by atoms with Crippen molar-refractivity contribution in [3.05, 3.63) is 95.2 Å². The quantitative estimate of drug-likeness (QED) is 0.352. The van der Waals surface area contributed by atoms with Gasteiger partial charge in [0.25, 0.3) is 0 Å². The number of carbonyl (C=O) groups excluding carboxylic acids is 1. The van der Waals surface area contributed by atoms with Crippen molar-refractivity contribution in [2.45, 2.75) is 6.04 Å². The maximum absolute atomic E-state index is 12.8. The van der Waals surface area contributed by atoms with Gasteiger partial charge in [0.15, 0.2) is 0 Å². The van der Waals surface area contributed by atoms with E-state index >= 15 is 0 Å². The maximum atomic E-state index is 12.8. The summed E-state index contributed by atoms with van der Waals surface area (Å²) in [5.74, 6) is 1.08. The van der Waals surface area contributed by atoms with Crippen LogP contribution in [-0.2, 0) is 0 Å². The van der Waals surface area contributed by atoms with Crippen LogP contribution in [-0.4, -0.2) is 34.8 Å². The number of rotatable bonds is 7. The standard InChI is InChI=1S/C24H22BrN5O3/c1-32-21-5-3-17(23(30-12-11-27-15-30)16-7-9-26-10-8-16)13-19(21)28-24(31)29-20-14-18(25)4-6-22(20)33-2/h3-15,23H,1-2H3,(H2,28,29,31). The summed E-state index contributed by atoms with van der Waals surface area (Å²) in [5.41, 5.74) is 3.03. The third-order valence-electron chi connectivity index (χ3n) is 5.04. The van der Waals surface area contributed by atoms with Crippen LogP contribution in [0, 0.1) is 0 Å². The van der Waals surface area contributed by atoms with Gasteiger partial charge in [0.05, 0.1) is 38.0 Å². The Labute approximate surface area is 199 Å². The number of hydrogen-bond donors (Lipinski definition) is 2. The van der Waals surface area contributed by atoms with Crippen LogP contribution in [0.15, 0.2) is 84.1 Å². The van der Waals surface area contributed by atoms with Gasteiger partial charge in [0.2, 0.25) is 0 Å². The van der Waals surface area contributed by atoms with E-state index in [1.54, 1.807) is 51.3 Å². The van der Waals surface area contributed by atoms with Gasteiger partial charge in [-0.2, -0.15) is 0 Å². The van der Waals surface area contributed by atoms with Crippen molar-refractivity contribution in [2.75, 3.05) is 24.9 Å². The fourth-order valence-electron chi connectivity index (χ4n) is 3.55. The van der Waals surface area contributed by atoms with Crippen molar-refractivity contribution in [2.24, 2.45) is 0 Å². The Morgan fingerprint density at radius 1 is 0.879 bits per heavy atom. The van der Waals surface area contributed by atoms with Crippen LogP contribution in [0.5, 0.6) is 11.5 Å². The molecule has 2 aromatic heterocycles. The number of ether oxygens (including phenoxy) is 2. The largest absolute Gasteiger partial charge is 0.495 e. The molecule has 1 unspecified atom stereocenters. The molecule has 0 spiro atoms. The Morgan fingerprint density at radius 3 is 2.18 bits per heavy atom. The second-order valence-corrected chi connectivity index (χ2v) is 7.99. The Morgan fingerprint density at radius 2 is 1.55 bits per heavy atom. The Bertz CT molecular complexity index is 1230. The summed E-state index contributed by atoms with van der Waals surface area (Å²) >= 11 is 3.41. The molecule has 0 bridgehead atoms. The molecule has 2 amide bonds. The first-order valence-corrected chi connectivity index (χ1v) is 10.8. The number of nitrogens with zero attached hydrogens (tertiary/aromatic N) is 3. The highest BCUT2D eigenvalue weighted by Crippen LogP contribution is 2.33. The normalized spacial score (nSPS) is 11.5. The molecule has 0 saturated heterocycles. The minimum atomic E-state index is -0.426. The third kappa shape index (κ3) is 5.15. The molecule has 4 aromatic rings. The van der Waals surface area contributed by atoms with E-state index in [4.69, 9.17) is 9.47 Å².